The minimum atomic E-state index is -1.55. The maximum Gasteiger partial charge on any atom is 0.326 e. The van der Waals surface area contributed by atoms with Crippen molar-refractivity contribution in [2.75, 3.05) is 0 Å². The van der Waals surface area contributed by atoms with E-state index in [2.05, 4.69) is 10.3 Å². The molecule has 2 heterocycles. The summed E-state index contributed by atoms with van der Waals surface area (Å²) in [6, 6.07) is 6.59. The molecule has 2 aromatic heterocycles. The van der Waals surface area contributed by atoms with Crippen LogP contribution in [0.15, 0.2) is 36.5 Å². The molecule has 8 nitrogen and oxygen atoms in total. The van der Waals surface area contributed by atoms with Gasteiger partial charge in [0.05, 0.1) is 24.2 Å². The number of aryl methyl sites for hydroxylation is 2. The summed E-state index contributed by atoms with van der Waals surface area (Å²) in [5, 5.41) is 20.3. The first-order chi connectivity index (χ1) is 14.2. The van der Waals surface area contributed by atoms with Crippen molar-refractivity contribution in [3.05, 3.63) is 59.2 Å². The first-order valence-electron chi connectivity index (χ1n) is 9.13. The third-order valence-electron chi connectivity index (χ3n) is 4.64. The number of aliphatic carboxylic acids is 2. The molecule has 0 saturated heterocycles. The third-order valence-corrected chi connectivity index (χ3v) is 4.64. The van der Waals surface area contributed by atoms with Crippen LogP contribution in [0.2, 0.25) is 0 Å². The van der Waals surface area contributed by atoms with Crippen LogP contribution in [-0.2, 0) is 20.8 Å². The van der Waals surface area contributed by atoms with E-state index >= 15 is 0 Å². The van der Waals surface area contributed by atoms with Gasteiger partial charge in [0.2, 0.25) is 5.91 Å². The number of pyridine rings is 1. The van der Waals surface area contributed by atoms with Gasteiger partial charge in [-0.25, -0.2) is 14.2 Å². The van der Waals surface area contributed by atoms with E-state index in [1.165, 1.54) is 6.07 Å². The zero-order chi connectivity index (χ0) is 22.0. The molecule has 1 unspecified atom stereocenters. The van der Waals surface area contributed by atoms with Crippen LogP contribution in [0.25, 0.3) is 16.9 Å². The Kier molecular flexibility index (Phi) is 5.81. The van der Waals surface area contributed by atoms with Gasteiger partial charge in [-0.2, -0.15) is 0 Å². The van der Waals surface area contributed by atoms with Gasteiger partial charge in [0.25, 0.3) is 0 Å². The number of nitrogens with one attached hydrogen (secondary N) is 1. The number of halogens is 1. The van der Waals surface area contributed by atoms with E-state index in [0.29, 0.717) is 28.2 Å². The molecule has 0 saturated carbocycles. The maximum absolute atomic E-state index is 13.7. The Morgan fingerprint density at radius 2 is 1.90 bits per heavy atom. The summed E-state index contributed by atoms with van der Waals surface area (Å²) in [7, 11) is 0. The van der Waals surface area contributed by atoms with Gasteiger partial charge in [-0.15, -0.1) is 0 Å². The molecule has 0 bridgehead atoms. The fraction of sp³-hybridized carbons (Fsp3) is 0.238. The second-order valence-electron chi connectivity index (χ2n) is 7.04. The molecule has 0 aliphatic carbocycles. The summed E-state index contributed by atoms with van der Waals surface area (Å²) in [6.45, 7) is 3.49. The Labute approximate surface area is 171 Å². The first kappa shape index (κ1) is 21.0. The number of hydrogen-bond acceptors (Lipinski definition) is 4. The Balaban J connectivity index is 2.01. The lowest BCUT2D eigenvalue weighted by atomic mass is 10.1. The van der Waals surface area contributed by atoms with Crippen molar-refractivity contribution in [2.45, 2.75) is 32.7 Å². The van der Waals surface area contributed by atoms with Crippen LogP contribution in [0, 0.1) is 19.7 Å². The molecule has 0 radical (unpaired) electrons. The number of nitrogens with zero attached hydrogens (tertiary/aromatic N) is 2. The lowest BCUT2D eigenvalue weighted by Gasteiger charge is -2.13. The third kappa shape index (κ3) is 4.45. The second-order valence-corrected chi connectivity index (χ2v) is 7.04. The van der Waals surface area contributed by atoms with Gasteiger partial charge in [-0.1, -0.05) is 6.07 Å². The molecule has 0 aliphatic rings. The molecule has 0 fully saturated rings. The molecule has 1 atom stereocenters. The summed E-state index contributed by atoms with van der Waals surface area (Å²) in [6.07, 6.45) is 0.813. The highest BCUT2D eigenvalue weighted by molar-refractivity contribution is 5.88. The van der Waals surface area contributed by atoms with Crippen molar-refractivity contribution in [1.29, 1.82) is 0 Å². The van der Waals surface area contributed by atoms with Crippen molar-refractivity contribution in [2.24, 2.45) is 0 Å². The highest BCUT2D eigenvalue weighted by Gasteiger charge is 2.25. The molecule has 3 rings (SSSR count). The van der Waals surface area contributed by atoms with E-state index in [4.69, 9.17) is 10.2 Å². The molecule has 9 heteroatoms. The van der Waals surface area contributed by atoms with Gasteiger partial charge in [-0.05, 0) is 49.2 Å². The standard InChI is InChI=1S/C21H20FN3O5/c1-11-3-6-17-24-20(13-4-5-14(22)12(2)7-13)16(25(17)10-11)9-18(26)23-15(21(29)30)8-19(27)28/h3-7,10,15H,8-9H2,1-2H3,(H,23,26)(H,27,28)(H,29,30). The number of carboxylic acids is 2. The molecular weight excluding hydrogens is 393 g/mol. The fourth-order valence-electron chi connectivity index (χ4n) is 3.16. The minimum absolute atomic E-state index is 0.236. The van der Waals surface area contributed by atoms with E-state index in [-0.39, 0.29) is 12.2 Å². The van der Waals surface area contributed by atoms with Crippen LogP contribution in [0.1, 0.15) is 23.2 Å². The quantitative estimate of drug-likeness (QED) is 0.547. The van der Waals surface area contributed by atoms with Crippen molar-refractivity contribution >= 4 is 23.5 Å². The normalized spacial score (nSPS) is 12.0. The van der Waals surface area contributed by atoms with Crippen LogP contribution in [0.4, 0.5) is 4.39 Å². The van der Waals surface area contributed by atoms with Gasteiger partial charge in [0.15, 0.2) is 0 Å². The highest BCUT2D eigenvalue weighted by atomic mass is 19.1. The number of fused-ring (bicyclic) bond motifs is 1. The second kappa shape index (κ2) is 8.32. The molecule has 30 heavy (non-hydrogen) atoms. The lowest BCUT2D eigenvalue weighted by Crippen LogP contribution is -2.43. The van der Waals surface area contributed by atoms with Gasteiger partial charge >= 0.3 is 11.9 Å². The number of imidazole rings is 1. The highest BCUT2D eigenvalue weighted by Crippen LogP contribution is 2.27. The Morgan fingerprint density at radius 1 is 1.17 bits per heavy atom. The number of rotatable bonds is 7. The number of hydrogen-bond donors (Lipinski definition) is 3. The summed E-state index contributed by atoms with van der Waals surface area (Å²) in [5.74, 6) is -3.80. The maximum atomic E-state index is 13.7. The molecule has 156 valence electrons. The Bertz CT molecular complexity index is 1150. The summed E-state index contributed by atoms with van der Waals surface area (Å²) in [5.41, 5.74) is 3.46. The number of benzene rings is 1. The number of carboxylic acid groups (broad SMARTS) is 2. The molecule has 0 aliphatic heterocycles. The lowest BCUT2D eigenvalue weighted by molar-refractivity contribution is -0.147. The monoisotopic (exact) mass is 413 g/mol. The number of amides is 1. The van der Waals surface area contributed by atoms with Crippen molar-refractivity contribution < 1.29 is 29.0 Å². The minimum Gasteiger partial charge on any atom is -0.481 e. The zero-order valence-electron chi connectivity index (χ0n) is 16.3. The first-order valence-corrected chi connectivity index (χ1v) is 9.13. The van der Waals surface area contributed by atoms with E-state index < -0.39 is 30.3 Å². The molecule has 3 aromatic rings. The molecular formula is C21H20FN3O5. The van der Waals surface area contributed by atoms with Gasteiger partial charge < -0.3 is 19.9 Å². The molecule has 1 amide bonds. The van der Waals surface area contributed by atoms with E-state index in [1.807, 2.05) is 13.0 Å². The summed E-state index contributed by atoms with van der Waals surface area (Å²) < 4.78 is 15.4. The Morgan fingerprint density at radius 3 is 2.53 bits per heavy atom. The van der Waals surface area contributed by atoms with Gasteiger partial charge in [0.1, 0.15) is 17.5 Å². The van der Waals surface area contributed by atoms with E-state index in [1.54, 1.807) is 35.7 Å². The van der Waals surface area contributed by atoms with E-state index in [9.17, 15) is 18.8 Å². The average molecular weight is 413 g/mol. The zero-order valence-corrected chi connectivity index (χ0v) is 16.3. The predicted octanol–water partition coefficient (Wildman–Crippen LogP) is 2.34. The van der Waals surface area contributed by atoms with Crippen LogP contribution in [0.5, 0.6) is 0 Å². The van der Waals surface area contributed by atoms with Crippen LogP contribution < -0.4 is 5.32 Å². The number of aromatic nitrogens is 2. The smallest absolute Gasteiger partial charge is 0.326 e. The van der Waals surface area contributed by atoms with Crippen LogP contribution >= 0.6 is 0 Å². The van der Waals surface area contributed by atoms with Gasteiger partial charge in [0, 0.05) is 11.8 Å². The van der Waals surface area contributed by atoms with Crippen molar-refractivity contribution in [3.8, 4) is 11.3 Å². The number of carbonyl (C=O) groups is 3. The average Bonchev–Trinajstić information content (AvgIpc) is 3.00. The topological polar surface area (TPSA) is 121 Å². The number of carbonyl (C=O) groups excluding carboxylic acids is 1. The van der Waals surface area contributed by atoms with Crippen molar-refractivity contribution in [1.82, 2.24) is 14.7 Å². The largest absolute Gasteiger partial charge is 0.481 e. The van der Waals surface area contributed by atoms with Crippen molar-refractivity contribution in [3.63, 3.8) is 0 Å². The van der Waals surface area contributed by atoms with Crippen LogP contribution in [-0.4, -0.2) is 43.5 Å². The summed E-state index contributed by atoms with van der Waals surface area (Å²) >= 11 is 0. The summed E-state index contributed by atoms with van der Waals surface area (Å²) in [4.78, 5) is 39.3. The van der Waals surface area contributed by atoms with E-state index in [0.717, 1.165) is 5.56 Å². The fourth-order valence-corrected chi connectivity index (χ4v) is 3.16. The molecule has 3 N–H and O–H groups in total. The molecule has 1 aromatic carbocycles. The Hall–Kier alpha value is -3.75. The van der Waals surface area contributed by atoms with Crippen LogP contribution in [0.3, 0.4) is 0 Å². The molecule has 0 spiro atoms. The predicted molar refractivity (Wildman–Crippen MR) is 106 cm³/mol. The SMILES string of the molecule is Cc1ccc2nc(-c3ccc(F)c(C)c3)c(CC(=O)NC(CC(=O)O)C(=O)O)n2c1. The van der Waals surface area contributed by atoms with Gasteiger partial charge in [-0.3, -0.25) is 9.59 Å².